The van der Waals surface area contributed by atoms with Gasteiger partial charge in [-0.3, -0.25) is 0 Å². The maximum atomic E-state index is 4.51. The van der Waals surface area contributed by atoms with E-state index in [4.69, 9.17) is 0 Å². The molecule has 0 aliphatic carbocycles. The van der Waals surface area contributed by atoms with Crippen molar-refractivity contribution in [1.82, 2.24) is 9.97 Å². The Labute approximate surface area is 127 Å². The number of hydrogen-bond acceptors (Lipinski definition) is 4. The van der Waals surface area contributed by atoms with E-state index >= 15 is 0 Å². The van der Waals surface area contributed by atoms with Crippen LogP contribution in [0, 0.1) is 6.92 Å². The van der Waals surface area contributed by atoms with Crippen molar-refractivity contribution in [3.8, 4) is 0 Å². The van der Waals surface area contributed by atoms with Gasteiger partial charge in [0.05, 0.1) is 0 Å². The maximum Gasteiger partial charge on any atom is 0.224 e. The van der Waals surface area contributed by atoms with Gasteiger partial charge in [0.15, 0.2) is 0 Å². The van der Waals surface area contributed by atoms with Crippen molar-refractivity contribution >= 4 is 17.5 Å². The molecule has 1 heterocycles. The van der Waals surface area contributed by atoms with Crippen molar-refractivity contribution in [3.05, 3.63) is 41.6 Å². The second-order valence-electron chi connectivity index (χ2n) is 5.51. The largest absolute Gasteiger partial charge is 0.354 e. The molecule has 0 unspecified atom stereocenters. The van der Waals surface area contributed by atoms with E-state index < -0.39 is 0 Å². The molecule has 0 bridgehead atoms. The Hall–Kier alpha value is -2.10. The fourth-order valence-electron chi connectivity index (χ4n) is 2.22. The second-order valence-corrected chi connectivity index (χ2v) is 5.51. The second kappa shape index (κ2) is 7.07. The molecule has 2 aromatic rings. The number of nitrogens with one attached hydrogen (secondary N) is 2. The summed E-state index contributed by atoms with van der Waals surface area (Å²) in [6.07, 6.45) is 2.83. The average molecular weight is 284 g/mol. The van der Waals surface area contributed by atoms with Crippen molar-refractivity contribution in [3.63, 3.8) is 0 Å². The van der Waals surface area contributed by atoms with E-state index in [2.05, 4.69) is 66.5 Å². The summed E-state index contributed by atoms with van der Waals surface area (Å²) in [5, 5.41) is 6.66. The Morgan fingerprint density at radius 1 is 1.19 bits per heavy atom. The monoisotopic (exact) mass is 284 g/mol. The molecule has 112 valence electrons. The highest BCUT2D eigenvalue weighted by Crippen LogP contribution is 2.29. The molecule has 0 saturated heterocycles. The first-order chi connectivity index (χ1) is 10.1. The van der Waals surface area contributed by atoms with Crippen LogP contribution in [-0.2, 0) is 0 Å². The number of aryl methyl sites for hydroxylation is 1. The van der Waals surface area contributed by atoms with E-state index in [0.29, 0.717) is 11.9 Å². The molecule has 0 aliphatic heterocycles. The van der Waals surface area contributed by atoms with Gasteiger partial charge in [0.25, 0.3) is 0 Å². The van der Waals surface area contributed by atoms with E-state index in [1.54, 1.807) is 6.20 Å². The molecular formula is C17H24N4. The van der Waals surface area contributed by atoms with Crippen LogP contribution in [0.4, 0.5) is 17.5 Å². The zero-order valence-corrected chi connectivity index (χ0v) is 13.3. The summed E-state index contributed by atoms with van der Waals surface area (Å²) in [7, 11) is 0. The van der Waals surface area contributed by atoms with Crippen LogP contribution in [0.2, 0.25) is 0 Å². The molecule has 0 fully saturated rings. The van der Waals surface area contributed by atoms with Gasteiger partial charge in [-0.05, 0) is 36.5 Å². The van der Waals surface area contributed by atoms with Crippen molar-refractivity contribution < 1.29 is 0 Å². The van der Waals surface area contributed by atoms with Gasteiger partial charge >= 0.3 is 0 Å². The molecular weight excluding hydrogens is 260 g/mol. The lowest BCUT2D eigenvalue weighted by molar-refractivity contribution is 0.867. The number of nitrogens with zero attached hydrogens (tertiary/aromatic N) is 2. The van der Waals surface area contributed by atoms with Crippen molar-refractivity contribution in [2.24, 2.45) is 0 Å². The maximum absolute atomic E-state index is 4.51. The van der Waals surface area contributed by atoms with Gasteiger partial charge < -0.3 is 10.6 Å². The van der Waals surface area contributed by atoms with Crippen LogP contribution in [0.1, 0.15) is 44.2 Å². The van der Waals surface area contributed by atoms with Crippen LogP contribution >= 0.6 is 0 Å². The first kappa shape index (κ1) is 15.3. The predicted octanol–water partition coefficient (Wildman–Crippen LogP) is 4.47. The zero-order valence-electron chi connectivity index (χ0n) is 13.3. The van der Waals surface area contributed by atoms with Gasteiger partial charge in [0.1, 0.15) is 5.82 Å². The minimum absolute atomic E-state index is 0.465. The fourth-order valence-corrected chi connectivity index (χ4v) is 2.22. The van der Waals surface area contributed by atoms with Gasteiger partial charge in [0.2, 0.25) is 5.95 Å². The van der Waals surface area contributed by atoms with E-state index in [-0.39, 0.29) is 0 Å². The summed E-state index contributed by atoms with van der Waals surface area (Å²) in [5.41, 5.74) is 3.67. The molecule has 0 radical (unpaired) electrons. The third kappa shape index (κ3) is 3.94. The molecule has 0 atom stereocenters. The summed E-state index contributed by atoms with van der Waals surface area (Å²) < 4.78 is 0. The fraction of sp³-hybridized carbons (Fsp3) is 0.412. The normalized spacial score (nSPS) is 10.7. The molecule has 0 spiro atoms. The quantitative estimate of drug-likeness (QED) is 0.821. The average Bonchev–Trinajstić information content (AvgIpc) is 2.47. The van der Waals surface area contributed by atoms with Crippen LogP contribution < -0.4 is 10.6 Å². The number of hydrogen-bond donors (Lipinski definition) is 2. The predicted molar refractivity (Wildman–Crippen MR) is 89.4 cm³/mol. The molecule has 4 heteroatoms. The highest BCUT2D eigenvalue weighted by Gasteiger charge is 2.10. The van der Waals surface area contributed by atoms with E-state index in [1.165, 1.54) is 11.1 Å². The van der Waals surface area contributed by atoms with Crippen molar-refractivity contribution in [2.45, 2.75) is 40.0 Å². The van der Waals surface area contributed by atoms with Gasteiger partial charge in [-0.2, -0.15) is 4.98 Å². The Morgan fingerprint density at radius 2 is 2.00 bits per heavy atom. The summed E-state index contributed by atoms with van der Waals surface area (Å²) in [6, 6.07) is 8.28. The summed E-state index contributed by atoms with van der Waals surface area (Å²) in [6.45, 7) is 9.52. The number of aromatic nitrogens is 2. The lowest BCUT2D eigenvalue weighted by atomic mass is 9.98. The summed E-state index contributed by atoms with van der Waals surface area (Å²) in [5.74, 6) is 1.95. The Morgan fingerprint density at radius 3 is 2.71 bits per heavy atom. The minimum Gasteiger partial charge on any atom is -0.354 e. The topological polar surface area (TPSA) is 49.8 Å². The van der Waals surface area contributed by atoms with Crippen molar-refractivity contribution in [1.29, 1.82) is 0 Å². The Bertz CT molecular complexity index is 593. The van der Waals surface area contributed by atoms with Crippen LogP contribution in [0.25, 0.3) is 0 Å². The van der Waals surface area contributed by atoms with Crippen molar-refractivity contribution in [2.75, 3.05) is 17.2 Å². The molecule has 0 aliphatic rings. The van der Waals surface area contributed by atoms with Gasteiger partial charge in [0, 0.05) is 18.4 Å². The first-order valence-corrected chi connectivity index (χ1v) is 7.55. The zero-order chi connectivity index (χ0) is 15.2. The van der Waals surface area contributed by atoms with E-state index in [9.17, 15) is 0 Å². The summed E-state index contributed by atoms with van der Waals surface area (Å²) in [4.78, 5) is 8.75. The third-order valence-corrected chi connectivity index (χ3v) is 3.37. The van der Waals surface area contributed by atoms with Crippen LogP contribution in [0.15, 0.2) is 30.5 Å². The Kier molecular flexibility index (Phi) is 5.14. The number of benzene rings is 1. The molecule has 0 saturated carbocycles. The van der Waals surface area contributed by atoms with Gasteiger partial charge in [-0.25, -0.2) is 4.98 Å². The lowest BCUT2D eigenvalue weighted by Gasteiger charge is -2.17. The molecule has 0 amide bonds. The molecule has 4 nitrogen and oxygen atoms in total. The van der Waals surface area contributed by atoms with E-state index in [0.717, 1.165) is 24.5 Å². The SMILES string of the molecule is CCCNc1nccc(Nc2c(C)cccc2C(C)C)n1. The van der Waals surface area contributed by atoms with Crippen LogP contribution in [0.3, 0.4) is 0 Å². The molecule has 21 heavy (non-hydrogen) atoms. The van der Waals surface area contributed by atoms with Crippen LogP contribution in [0.5, 0.6) is 0 Å². The highest BCUT2D eigenvalue weighted by molar-refractivity contribution is 5.65. The number of para-hydroxylation sites is 1. The van der Waals surface area contributed by atoms with Gasteiger partial charge in [-0.15, -0.1) is 0 Å². The smallest absolute Gasteiger partial charge is 0.224 e. The Balaban J connectivity index is 2.26. The lowest BCUT2D eigenvalue weighted by Crippen LogP contribution is -2.06. The van der Waals surface area contributed by atoms with Crippen LogP contribution in [-0.4, -0.2) is 16.5 Å². The molecule has 1 aromatic heterocycles. The highest BCUT2D eigenvalue weighted by atomic mass is 15.1. The third-order valence-electron chi connectivity index (χ3n) is 3.37. The number of anilines is 3. The minimum atomic E-state index is 0.465. The summed E-state index contributed by atoms with van der Waals surface area (Å²) >= 11 is 0. The van der Waals surface area contributed by atoms with Gasteiger partial charge in [-0.1, -0.05) is 39.0 Å². The first-order valence-electron chi connectivity index (χ1n) is 7.55. The standard InChI is InChI=1S/C17H24N4/c1-5-10-18-17-19-11-9-15(21-17)20-16-13(4)7-6-8-14(16)12(2)3/h6-9,11-12H,5,10H2,1-4H3,(H2,18,19,20,21). The molecule has 2 N–H and O–H groups in total. The molecule has 2 rings (SSSR count). The number of rotatable bonds is 6. The molecule has 1 aromatic carbocycles. The van der Waals surface area contributed by atoms with E-state index in [1.807, 2.05) is 6.07 Å².